The number of aryl methyl sites for hydroxylation is 1. The van der Waals surface area contributed by atoms with Gasteiger partial charge in [-0.15, -0.1) is 5.10 Å². The number of nitrogens with one attached hydrogen (secondary N) is 1. The molecular weight excluding hydrogens is 188 g/mol. The molecule has 0 aliphatic heterocycles. The molecule has 0 saturated carbocycles. The smallest absolute Gasteiger partial charge is 0.0755 e. The van der Waals surface area contributed by atoms with Crippen LogP contribution < -0.4 is 5.32 Å². The molecule has 0 aromatic carbocycles. The fourth-order valence-corrected chi connectivity index (χ4v) is 2.02. The Morgan fingerprint density at radius 2 is 2.20 bits per heavy atom. The lowest BCUT2D eigenvalue weighted by molar-refractivity contribution is 0.352. The number of hydrogen-bond acceptors (Lipinski definition) is 3. The fraction of sp³-hybridized carbons (Fsp3) is 0.818. The van der Waals surface area contributed by atoms with Crippen LogP contribution in [0.1, 0.15) is 45.3 Å². The molecule has 0 amide bonds. The van der Waals surface area contributed by atoms with E-state index in [4.69, 9.17) is 0 Å². The lowest BCUT2D eigenvalue weighted by Crippen LogP contribution is -2.28. The molecular formula is C11H22N4. The standard InChI is InChI=1S/C11H22N4/c1-5-7-9(3)11(12-6-2)10-8-13-14-15(10)4/h8-9,11-12H,5-7H2,1-4H3. The van der Waals surface area contributed by atoms with Crippen molar-refractivity contribution in [1.29, 1.82) is 0 Å². The lowest BCUT2D eigenvalue weighted by Gasteiger charge is -2.24. The Labute approximate surface area is 92.1 Å². The first-order valence-corrected chi connectivity index (χ1v) is 5.78. The van der Waals surface area contributed by atoms with Crippen LogP contribution in [0.2, 0.25) is 0 Å². The third-order valence-electron chi connectivity index (χ3n) is 2.81. The summed E-state index contributed by atoms with van der Waals surface area (Å²) in [6.07, 6.45) is 4.30. The fourth-order valence-electron chi connectivity index (χ4n) is 2.02. The van der Waals surface area contributed by atoms with E-state index in [0.29, 0.717) is 12.0 Å². The van der Waals surface area contributed by atoms with E-state index in [9.17, 15) is 0 Å². The Kier molecular flexibility index (Phi) is 4.75. The monoisotopic (exact) mass is 210 g/mol. The molecule has 0 saturated heterocycles. The number of hydrogen-bond donors (Lipinski definition) is 1. The van der Waals surface area contributed by atoms with Crippen molar-refractivity contribution >= 4 is 0 Å². The van der Waals surface area contributed by atoms with Crippen molar-refractivity contribution in [1.82, 2.24) is 20.3 Å². The van der Waals surface area contributed by atoms with E-state index in [2.05, 4.69) is 36.4 Å². The summed E-state index contributed by atoms with van der Waals surface area (Å²) in [6.45, 7) is 7.62. The van der Waals surface area contributed by atoms with Crippen molar-refractivity contribution in [3.05, 3.63) is 11.9 Å². The predicted octanol–water partition coefficient (Wildman–Crippen LogP) is 1.90. The number of nitrogens with zero attached hydrogens (tertiary/aromatic N) is 3. The predicted molar refractivity (Wildman–Crippen MR) is 61.5 cm³/mol. The summed E-state index contributed by atoms with van der Waals surface area (Å²) in [7, 11) is 1.95. The zero-order chi connectivity index (χ0) is 11.3. The van der Waals surface area contributed by atoms with Gasteiger partial charge in [0.25, 0.3) is 0 Å². The molecule has 1 heterocycles. The quantitative estimate of drug-likeness (QED) is 0.780. The van der Waals surface area contributed by atoms with Crippen LogP contribution in [0, 0.1) is 5.92 Å². The topological polar surface area (TPSA) is 42.7 Å². The Bertz CT molecular complexity index is 282. The van der Waals surface area contributed by atoms with Crippen molar-refractivity contribution in [3.63, 3.8) is 0 Å². The zero-order valence-corrected chi connectivity index (χ0v) is 10.2. The molecule has 0 aliphatic rings. The molecule has 0 bridgehead atoms. The van der Waals surface area contributed by atoms with Crippen molar-refractivity contribution in [3.8, 4) is 0 Å². The van der Waals surface area contributed by atoms with Gasteiger partial charge in [0.05, 0.1) is 17.9 Å². The van der Waals surface area contributed by atoms with Crippen molar-refractivity contribution in [2.75, 3.05) is 6.54 Å². The summed E-state index contributed by atoms with van der Waals surface area (Å²) in [6, 6.07) is 0.370. The molecule has 1 N–H and O–H groups in total. The van der Waals surface area contributed by atoms with Gasteiger partial charge in [-0.05, 0) is 18.9 Å². The van der Waals surface area contributed by atoms with Gasteiger partial charge in [0.1, 0.15) is 0 Å². The molecule has 1 aromatic rings. The average Bonchev–Trinajstić information content (AvgIpc) is 2.61. The SMILES string of the molecule is CCCC(C)C(NCC)c1cnnn1C. The minimum absolute atomic E-state index is 0.370. The summed E-state index contributed by atoms with van der Waals surface area (Å²) in [5.74, 6) is 0.618. The zero-order valence-electron chi connectivity index (χ0n) is 10.2. The molecule has 86 valence electrons. The van der Waals surface area contributed by atoms with Crippen LogP contribution in [0.3, 0.4) is 0 Å². The molecule has 4 heteroatoms. The Morgan fingerprint density at radius 1 is 1.47 bits per heavy atom. The van der Waals surface area contributed by atoms with Gasteiger partial charge in [-0.25, -0.2) is 0 Å². The maximum Gasteiger partial charge on any atom is 0.0755 e. The first kappa shape index (κ1) is 12.2. The molecule has 0 spiro atoms. The Hall–Kier alpha value is -0.900. The second-order valence-corrected chi connectivity index (χ2v) is 4.08. The van der Waals surface area contributed by atoms with Crippen LogP contribution in [0.15, 0.2) is 6.20 Å². The molecule has 2 atom stereocenters. The van der Waals surface area contributed by atoms with E-state index in [-0.39, 0.29) is 0 Å². The van der Waals surface area contributed by atoms with Gasteiger partial charge in [-0.3, -0.25) is 4.68 Å². The van der Waals surface area contributed by atoms with E-state index in [1.54, 1.807) is 0 Å². The summed E-state index contributed by atoms with van der Waals surface area (Å²) in [5, 5.41) is 11.4. The van der Waals surface area contributed by atoms with Gasteiger partial charge >= 0.3 is 0 Å². The van der Waals surface area contributed by atoms with Crippen LogP contribution in [-0.2, 0) is 7.05 Å². The third-order valence-corrected chi connectivity index (χ3v) is 2.81. The second kappa shape index (κ2) is 5.85. The Morgan fingerprint density at radius 3 is 2.67 bits per heavy atom. The highest BCUT2D eigenvalue weighted by molar-refractivity contribution is 5.03. The first-order valence-electron chi connectivity index (χ1n) is 5.78. The average molecular weight is 210 g/mol. The highest BCUT2D eigenvalue weighted by Gasteiger charge is 2.20. The summed E-state index contributed by atoms with van der Waals surface area (Å²) in [5.41, 5.74) is 1.18. The van der Waals surface area contributed by atoms with Crippen LogP contribution in [0.5, 0.6) is 0 Å². The van der Waals surface area contributed by atoms with E-state index in [1.807, 2.05) is 17.9 Å². The number of aromatic nitrogens is 3. The van der Waals surface area contributed by atoms with Crippen LogP contribution in [0.4, 0.5) is 0 Å². The highest BCUT2D eigenvalue weighted by Crippen LogP contribution is 2.24. The van der Waals surface area contributed by atoms with Gasteiger partial charge in [0.2, 0.25) is 0 Å². The van der Waals surface area contributed by atoms with E-state index < -0.39 is 0 Å². The maximum atomic E-state index is 3.99. The summed E-state index contributed by atoms with van der Waals surface area (Å²) in [4.78, 5) is 0. The van der Waals surface area contributed by atoms with Gasteiger partial charge in [0.15, 0.2) is 0 Å². The molecule has 0 aliphatic carbocycles. The van der Waals surface area contributed by atoms with Crippen molar-refractivity contribution < 1.29 is 0 Å². The van der Waals surface area contributed by atoms with Crippen LogP contribution in [-0.4, -0.2) is 21.5 Å². The Balaban J connectivity index is 2.77. The molecule has 1 rings (SSSR count). The van der Waals surface area contributed by atoms with Crippen molar-refractivity contribution in [2.24, 2.45) is 13.0 Å². The van der Waals surface area contributed by atoms with Gasteiger partial charge < -0.3 is 5.32 Å². The van der Waals surface area contributed by atoms with Gasteiger partial charge in [-0.1, -0.05) is 32.4 Å². The third kappa shape index (κ3) is 3.02. The summed E-state index contributed by atoms with van der Waals surface area (Å²) < 4.78 is 1.86. The maximum absolute atomic E-state index is 3.99. The molecule has 2 unspecified atom stereocenters. The summed E-state index contributed by atoms with van der Waals surface area (Å²) >= 11 is 0. The van der Waals surface area contributed by atoms with E-state index >= 15 is 0 Å². The van der Waals surface area contributed by atoms with Crippen molar-refractivity contribution in [2.45, 2.75) is 39.7 Å². The van der Waals surface area contributed by atoms with Gasteiger partial charge in [0, 0.05) is 7.05 Å². The van der Waals surface area contributed by atoms with E-state index in [1.165, 1.54) is 18.5 Å². The number of rotatable bonds is 6. The normalized spacial score (nSPS) is 15.2. The minimum Gasteiger partial charge on any atom is -0.309 e. The van der Waals surface area contributed by atoms with E-state index in [0.717, 1.165) is 6.54 Å². The first-order chi connectivity index (χ1) is 7.20. The lowest BCUT2D eigenvalue weighted by atomic mass is 9.94. The van der Waals surface area contributed by atoms with Crippen LogP contribution >= 0.6 is 0 Å². The molecule has 1 aromatic heterocycles. The second-order valence-electron chi connectivity index (χ2n) is 4.08. The van der Waals surface area contributed by atoms with Crippen LogP contribution in [0.25, 0.3) is 0 Å². The molecule has 0 radical (unpaired) electrons. The molecule has 15 heavy (non-hydrogen) atoms. The molecule has 4 nitrogen and oxygen atoms in total. The van der Waals surface area contributed by atoms with Gasteiger partial charge in [-0.2, -0.15) is 0 Å². The highest BCUT2D eigenvalue weighted by atomic mass is 15.4. The minimum atomic E-state index is 0.370. The molecule has 0 fully saturated rings. The largest absolute Gasteiger partial charge is 0.309 e.